The standard InChI is InChI=1S/C40H54N8O7/c1-25(49)44-34(27-14-5-6-15-27)36(51)45-30(18-11-20-43-40(41)42)37(52)48-24-29-17-8-7-16-28(29)23-33(48)35(50)46-31(22-26-12-3-2-4-13-26)38(53)47-21-10-9-19-32(47)39(54)55/h2-4,7-8,12-13,16-17,27,30-34H,5-6,9-11,14-15,18-24H2,1H3,(H,44,49)(H,45,51)(H,46,50)(H,54,55)(H4,41,42,43)/t30-,31-,32?,33-,34?/m0/s1. The Morgan fingerprint density at radius 2 is 1.45 bits per heavy atom. The Morgan fingerprint density at radius 1 is 0.800 bits per heavy atom. The molecule has 15 nitrogen and oxygen atoms in total. The Bertz CT molecular complexity index is 1730. The molecule has 2 aromatic carbocycles. The molecule has 0 radical (unpaired) electrons. The van der Waals surface area contributed by atoms with Crippen LogP contribution in [-0.2, 0) is 48.2 Å². The van der Waals surface area contributed by atoms with E-state index in [1.807, 2.05) is 54.6 Å². The smallest absolute Gasteiger partial charge is 0.326 e. The first kappa shape index (κ1) is 40.7. The largest absolute Gasteiger partial charge is 0.480 e. The summed E-state index contributed by atoms with van der Waals surface area (Å²) in [6.45, 7) is 1.86. The highest BCUT2D eigenvalue weighted by molar-refractivity contribution is 5.96. The van der Waals surface area contributed by atoms with E-state index in [0.29, 0.717) is 25.7 Å². The topological polar surface area (TPSA) is 230 Å². The highest BCUT2D eigenvalue weighted by Gasteiger charge is 2.42. The van der Waals surface area contributed by atoms with Crippen molar-refractivity contribution in [1.29, 1.82) is 0 Å². The van der Waals surface area contributed by atoms with Crippen molar-refractivity contribution in [1.82, 2.24) is 25.8 Å². The number of carbonyl (C=O) groups excluding carboxylic acids is 5. The third kappa shape index (κ3) is 10.8. The molecule has 2 aliphatic heterocycles. The van der Waals surface area contributed by atoms with Gasteiger partial charge in [-0.05, 0) is 67.6 Å². The summed E-state index contributed by atoms with van der Waals surface area (Å²) in [5, 5.41) is 18.6. The molecule has 2 fully saturated rings. The second kappa shape index (κ2) is 19.2. The van der Waals surface area contributed by atoms with Gasteiger partial charge in [0.05, 0.1) is 0 Å². The number of carboxylic acids is 1. The number of amides is 5. The van der Waals surface area contributed by atoms with Crippen molar-refractivity contribution >= 4 is 41.5 Å². The minimum Gasteiger partial charge on any atom is -0.480 e. The Labute approximate surface area is 321 Å². The van der Waals surface area contributed by atoms with E-state index in [-0.39, 0.29) is 56.7 Å². The van der Waals surface area contributed by atoms with E-state index in [0.717, 1.165) is 42.4 Å². The number of nitrogens with two attached hydrogens (primary N) is 2. The van der Waals surface area contributed by atoms with Crippen LogP contribution in [0.25, 0.3) is 0 Å². The highest BCUT2D eigenvalue weighted by atomic mass is 16.4. The lowest BCUT2D eigenvalue weighted by Gasteiger charge is -2.40. The fourth-order valence-corrected chi connectivity index (χ4v) is 8.09. The molecule has 3 aliphatic rings. The van der Waals surface area contributed by atoms with Gasteiger partial charge in [0, 0.05) is 39.4 Å². The molecule has 2 unspecified atom stereocenters. The summed E-state index contributed by atoms with van der Waals surface area (Å²) in [5.41, 5.74) is 13.5. The Kier molecular flexibility index (Phi) is 14.2. The summed E-state index contributed by atoms with van der Waals surface area (Å²) in [6, 6.07) is 11.5. The number of hydrogen-bond acceptors (Lipinski definition) is 7. The van der Waals surface area contributed by atoms with E-state index in [1.165, 1.54) is 16.7 Å². The average Bonchev–Trinajstić information content (AvgIpc) is 3.72. The maximum absolute atomic E-state index is 14.7. The minimum atomic E-state index is -1.11. The normalized spacial score (nSPS) is 19.9. The van der Waals surface area contributed by atoms with Crippen molar-refractivity contribution in [2.24, 2.45) is 22.4 Å². The lowest BCUT2D eigenvalue weighted by Crippen LogP contribution is -2.62. The number of aliphatic carboxylic acids is 1. The van der Waals surface area contributed by atoms with E-state index in [4.69, 9.17) is 11.5 Å². The molecule has 1 aliphatic carbocycles. The van der Waals surface area contributed by atoms with Crippen molar-refractivity contribution in [3.63, 3.8) is 0 Å². The van der Waals surface area contributed by atoms with E-state index < -0.39 is 59.8 Å². The zero-order valence-corrected chi connectivity index (χ0v) is 31.5. The van der Waals surface area contributed by atoms with Crippen LogP contribution in [0.5, 0.6) is 0 Å². The number of aliphatic imine (C=N–C) groups is 1. The number of piperidine rings is 1. The SMILES string of the molecule is CC(=O)NC(C(=O)N[C@@H](CCCN=C(N)N)C(=O)N1Cc2ccccc2C[C@H]1C(=O)N[C@@H](Cc1ccccc1)C(=O)N1CCCCC1C(=O)O)C1CCCC1. The fraction of sp³-hybridized carbons (Fsp3) is 0.525. The first-order chi connectivity index (χ1) is 26.4. The maximum atomic E-state index is 14.7. The van der Waals surface area contributed by atoms with Crippen molar-refractivity contribution < 1.29 is 33.9 Å². The van der Waals surface area contributed by atoms with Crippen LogP contribution in [0.4, 0.5) is 0 Å². The number of carbonyl (C=O) groups is 6. The Morgan fingerprint density at radius 3 is 2.13 bits per heavy atom. The van der Waals surface area contributed by atoms with Gasteiger partial charge in [-0.3, -0.25) is 29.0 Å². The van der Waals surface area contributed by atoms with Crippen molar-refractivity contribution in [3.8, 4) is 0 Å². The van der Waals surface area contributed by atoms with Gasteiger partial charge in [-0.1, -0.05) is 67.4 Å². The number of likely N-dealkylation sites (tertiary alicyclic amines) is 1. The Hall–Kier alpha value is -5.47. The summed E-state index contributed by atoms with van der Waals surface area (Å²) in [6.07, 6.45) is 5.75. The van der Waals surface area contributed by atoms with Gasteiger partial charge in [0.1, 0.15) is 30.2 Å². The van der Waals surface area contributed by atoms with Gasteiger partial charge >= 0.3 is 5.97 Å². The summed E-state index contributed by atoms with van der Waals surface area (Å²) in [7, 11) is 0. The van der Waals surface area contributed by atoms with E-state index in [9.17, 15) is 33.9 Å². The summed E-state index contributed by atoms with van der Waals surface area (Å²) in [4.78, 5) is 88.6. The predicted molar refractivity (Wildman–Crippen MR) is 205 cm³/mol. The van der Waals surface area contributed by atoms with Crippen LogP contribution in [0.2, 0.25) is 0 Å². The first-order valence-corrected chi connectivity index (χ1v) is 19.3. The molecule has 1 saturated heterocycles. The summed E-state index contributed by atoms with van der Waals surface area (Å²) < 4.78 is 0. The third-order valence-corrected chi connectivity index (χ3v) is 10.9. The van der Waals surface area contributed by atoms with Gasteiger partial charge in [-0.25, -0.2) is 4.79 Å². The van der Waals surface area contributed by atoms with Gasteiger partial charge in [0.15, 0.2) is 5.96 Å². The van der Waals surface area contributed by atoms with Gasteiger partial charge in [-0.15, -0.1) is 0 Å². The van der Waals surface area contributed by atoms with Crippen LogP contribution in [0.1, 0.15) is 81.4 Å². The molecule has 5 rings (SSSR count). The molecule has 0 bridgehead atoms. The van der Waals surface area contributed by atoms with Gasteiger partial charge in [0.25, 0.3) is 0 Å². The van der Waals surface area contributed by atoms with Crippen LogP contribution < -0.4 is 27.4 Å². The van der Waals surface area contributed by atoms with Gasteiger partial charge < -0.3 is 42.3 Å². The number of nitrogens with one attached hydrogen (secondary N) is 3. The predicted octanol–water partition coefficient (Wildman–Crippen LogP) is 1.37. The molecule has 2 heterocycles. The minimum absolute atomic E-state index is 0.0651. The molecule has 0 aromatic heterocycles. The quantitative estimate of drug-likeness (QED) is 0.0874. The molecule has 1 saturated carbocycles. The molecule has 296 valence electrons. The number of benzene rings is 2. The lowest BCUT2D eigenvalue weighted by atomic mass is 9.91. The third-order valence-electron chi connectivity index (χ3n) is 10.9. The number of fused-ring (bicyclic) bond motifs is 1. The zero-order valence-electron chi connectivity index (χ0n) is 31.5. The van der Waals surface area contributed by atoms with Crippen molar-refractivity contribution in [2.45, 2.75) is 114 Å². The number of nitrogens with zero attached hydrogens (tertiary/aromatic N) is 3. The molecule has 55 heavy (non-hydrogen) atoms. The summed E-state index contributed by atoms with van der Waals surface area (Å²) in [5.74, 6) is -3.71. The van der Waals surface area contributed by atoms with Crippen molar-refractivity contribution in [3.05, 3.63) is 71.3 Å². The molecule has 0 spiro atoms. The molecule has 5 atom stereocenters. The Balaban J connectivity index is 1.45. The van der Waals surface area contributed by atoms with Crippen LogP contribution >= 0.6 is 0 Å². The van der Waals surface area contributed by atoms with E-state index in [2.05, 4.69) is 20.9 Å². The number of guanidine groups is 1. The molecule has 2 aromatic rings. The summed E-state index contributed by atoms with van der Waals surface area (Å²) >= 11 is 0. The molecule has 5 amide bonds. The first-order valence-electron chi connectivity index (χ1n) is 19.3. The molecule has 8 N–H and O–H groups in total. The van der Waals surface area contributed by atoms with Gasteiger partial charge in [-0.2, -0.15) is 0 Å². The van der Waals surface area contributed by atoms with Crippen LogP contribution in [0.15, 0.2) is 59.6 Å². The number of rotatable bonds is 15. The maximum Gasteiger partial charge on any atom is 0.326 e. The molecular weight excluding hydrogens is 704 g/mol. The second-order valence-electron chi connectivity index (χ2n) is 14.8. The molecule has 15 heteroatoms. The van der Waals surface area contributed by atoms with Gasteiger partial charge in [0.2, 0.25) is 29.5 Å². The van der Waals surface area contributed by atoms with Crippen LogP contribution in [0.3, 0.4) is 0 Å². The fourth-order valence-electron chi connectivity index (χ4n) is 8.09. The van der Waals surface area contributed by atoms with Crippen LogP contribution in [0, 0.1) is 5.92 Å². The molecular formula is C40H54N8O7. The van der Waals surface area contributed by atoms with E-state index in [1.54, 1.807) is 0 Å². The lowest BCUT2D eigenvalue weighted by molar-refractivity contribution is -0.153. The average molecular weight is 759 g/mol. The second-order valence-corrected chi connectivity index (χ2v) is 14.8. The monoisotopic (exact) mass is 758 g/mol. The number of carboxylic acid groups (broad SMARTS) is 1. The van der Waals surface area contributed by atoms with E-state index >= 15 is 0 Å². The van der Waals surface area contributed by atoms with Crippen molar-refractivity contribution in [2.75, 3.05) is 13.1 Å². The number of hydrogen-bond donors (Lipinski definition) is 6. The zero-order chi connectivity index (χ0) is 39.5. The highest BCUT2D eigenvalue weighted by Crippen LogP contribution is 2.29. The van der Waals surface area contributed by atoms with Crippen LogP contribution in [-0.4, -0.2) is 99.7 Å².